The first-order valence-corrected chi connectivity index (χ1v) is 10.7. The second-order valence-corrected chi connectivity index (χ2v) is 8.46. The molecule has 2 aromatic heterocycles. The van der Waals surface area contributed by atoms with Gasteiger partial charge in [0.05, 0.1) is 24.4 Å². The molecule has 5 nitrogen and oxygen atoms in total. The number of aromatic nitrogens is 2. The summed E-state index contributed by atoms with van der Waals surface area (Å²) < 4.78 is 2.24. The Kier molecular flexibility index (Phi) is 5.82. The molecule has 0 amide bonds. The Hall–Kier alpha value is -2.41. The molecule has 1 fully saturated rings. The van der Waals surface area contributed by atoms with Crippen LogP contribution in [0.5, 0.6) is 0 Å². The molecule has 0 saturated carbocycles. The predicted molar refractivity (Wildman–Crippen MR) is 124 cm³/mol. The van der Waals surface area contributed by atoms with Crippen LogP contribution in [0, 0.1) is 20.8 Å². The molecule has 4 rings (SSSR count). The summed E-state index contributed by atoms with van der Waals surface area (Å²) in [5, 5.41) is 14.4. The first kappa shape index (κ1) is 20.8. The van der Waals surface area contributed by atoms with E-state index >= 15 is 0 Å². The van der Waals surface area contributed by atoms with Gasteiger partial charge in [-0.15, -0.1) is 0 Å². The van der Waals surface area contributed by atoms with Gasteiger partial charge >= 0.3 is 0 Å². The van der Waals surface area contributed by atoms with Crippen LogP contribution >= 0.6 is 23.8 Å². The summed E-state index contributed by atoms with van der Waals surface area (Å²) in [4.78, 5) is 6.63. The van der Waals surface area contributed by atoms with Crippen LogP contribution in [0.2, 0.25) is 5.02 Å². The summed E-state index contributed by atoms with van der Waals surface area (Å²) in [5.41, 5.74) is 6.55. The molecule has 1 aromatic carbocycles. The number of halogens is 1. The number of thiocarbonyl (C=S) groups is 1. The average molecular weight is 441 g/mol. The number of β-amino-alcohol motifs (C(OH)–C–C–N with tert-alkyl or cyclic N) is 1. The van der Waals surface area contributed by atoms with Crippen molar-refractivity contribution in [3.63, 3.8) is 0 Å². The molecule has 0 spiro atoms. The molecule has 156 valence electrons. The van der Waals surface area contributed by atoms with Crippen molar-refractivity contribution in [1.29, 1.82) is 0 Å². The van der Waals surface area contributed by atoms with Crippen LogP contribution in [0.25, 0.3) is 5.69 Å². The number of aliphatic hydroxyl groups is 1. The van der Waals surface area contributed by atoms with Gasteiger partial charge in [0, 0.05) is 34.8 Å². The summed E-state index contributed by atoms with van der Waals surface area (Å²) in [6, 6.07) is 13.9. The molecular weight excluding hydrogens is 416 g/mol. The molecule has 30 heavy (non-hydrogen) atoms. The topological polar surface area (TPSA) is 53.3 Å². The van der Waals surface area contributed by atoms with E-state index in [0.29, 0.717) is 16.7 Å². The lowest BCUT2D eigenvalue weighted by Gasteiger charge is -2.27. The number of benzene rings is 1. The third kappa shape index (κ3) is 3.60. The SMILES string of the molecule is Cc1ccc(Cl)cc1-n1c(C)cc(C2C(c3ccccn3)NC(=S)N2CCO)c1C. The van der Waals surface area contributed by atoms with Crippen LogP contribution in [0.3, 0.4) is 0 Å². The van der Waals surface area contributed by atoms with Crippen molar-refractivity contribution in [2.75, 3.05) is 13.2 Å². The van der Waals surface area contributed by atoms with E-state index in [1.807, 2.05) is 36.4 Å². The zero-order valence-corrected chi connectivity index (χ0v) is 18.8. The molecule has 0 radical (unpaired) electrons. The number of aryl methyl sites for hydroxylation is 2. The quantitative estimate of drug-likeness (QED) is 0.575. The molecule has 1 aliphatic rings. The van der Waals surface area contributed by atoms with E-state index in [1.165, 1.54) is 0 Å². The highest BCUT2D eigenvalue weighted by atomic mass is 35.5. The van der Waals surface area contributed by atoms with E-state index in [2.05, 4.69) is 46.6 Å². The van der Waals surface area contributed by atoms with Crippen molar-refractivity contribution in [2.24, 2.45) is 0 Å². The minimum Gasteiger partial charge on any atom is -0.395 e. The largest absolute Gasteiger partial charge is 0.395 e. The Labute approximate surface area is 187 Å². The Balaban J connectivity index is 1.86. The van der Waals surface area contributed by atoms with E-state index in [1.54, 1.807) is 6.20 Å². The standard InChI is InChI=1S/C23H25ClN4OS/c1-14-7-8-17(24)13-20(14)28-15(2)12-18(16(28)3)22-21(19-6-4-5-9-25-19)26-23(30)27(22)10-11-29/h4-9,12-13,21-22,29H,10-11H2,1-3H3,(H,26,30). The van der Waals surface area contributed by atoms with E-state index in [9.17, 15) is 5.11 Å². The first-order valence-electron chi connectivity index (χ1n) is 9.96. The first-order chi connectivity index (χ1) is 14.4. The van der Waals surface area contributed by atoms with Crippen LogP contribution in [0.4, 0.5) is 0 Å². The molecule has 1 aliphatic heterocycles. The lowest BCUT2D eigenvalue weighted by Crippen LogP contribution is -2.32. The highest BCUT2D eigenvalue weighted by Crippen LogP contribution is 2.41. The van der Waals surface area contributed by atoms with E-state index < -0.39 is 0 Å². The van der Waals surface area contributed by atoms with E-state index in [-0.39, 0.29) is 18.7 Å². The lowest BCUT2D eigenvalue weighted by molar-refractivity contribution is 0.223. The van der Waals surface area contributed by atoms with Crippen LogP contribution < -0.4 is 5.32 Å². The summed E-state index contributed by atoms with van der Waals surface area (Å²) in [5.74, 6) is 0. The van der Waals surface area contributed by atoms with Gasteiger partial charge in [0.25, 0.3) is 0 Å². The molecule has 3 heterocycles. The number of nitrogens with zero attached hydrogens (tertiary/aromatic N) is 3. The number of hydrogen-bond acceptors (Lipinski definition) is 3. The Morgan fingerprint density at radius 1 is 1.17 bits per heavy atom. The molecule has 7 heteroatoms. The number of pyridine rings is 1. The highest BCUT2D eigenvalue weighted by molar-refractivity contribution is 7.80. The van der Waals surface area contributed by atoms with Crippen LogP contribution in [0.15, 0.2) is 48.7 Å². The maximum Gasteiger partial charge on any atom is 0.170 e. The van der Waals surface area contributed by atoms with Crippen molar-refractivity contribution >= 4 is 28.9 Å². The van der Waals surface area contributed by atoms with Crippen LogP contribution in [0.1, 0.15) is 40.3 Å². The molecule has 0 bridgehead atoms. The second kappa shape index (κ2) is 8.38. The fourth-order valence-corrected chi connectivity index (χ4v) is 4.87. The summed E-state index contributed by atoms with van der Waals surface area (Å²) in [6.07, 6.45) is 1.80. The van der Waals surface area contributed by atoms with Gasteiger partial charge < -0.3 is 19.9 Å². The molecule has 0 aliphatic carbocycles. The second-order valence-electron chi connectivity index (χ2n) is 7.64. The van der Waals surface area contributed by atoms with Gasteiger partial charge in [0.15, 0.2) is 5.11 Å². The third-order valence-electron chi connectivity index (χ3n) is 5.74. The molecule has 3 aromatic rings. The summed E-state index contributed by atoms with van der Waals surface area (Å²) in [6.45, 7) is 6.80. The maximum absolute atomic E-state index is 9.68. The van der Waals surface area contributed by atoms with Crippen LogP contribution in [-0.4, -0.2) is 37.8 Å². The molecule has 2 unspecified atom stereocenters. The van der Waals surface area contributed by atoms with Crippen molar-refractivity contribution in [2.45, 2.75) is 32.9 Å². The monoisotopic (exact) mass is 440 g/mol. The fourth-order valence-electron chi connectivity index (χ4n) is 4.37. The number of hydrogen-bond donors (Lipinski definition) is 2. The van der Waals surface area contributed by atoms with Gasteiger partial charge in [0.2, 0.25) is 0 Å². The van der Waals surface area contributed by atoms with Crippen LogP contribution in [-0.2, 0) is 0 Å². The summed E-state index contributed by atoms with van der Waals surface area (Å²) in [7, 11) is 0. The van der Waals surface area contributed by atoms with Crippen molar-refractivity contribution in [3.8, 4) is 5.69 Å². The van der Waals surface area contributed by atoms with Crippen molar-refractivity contribution in [1.82, 2.24) is 19.8 Å². The zero-order valence-electron chi connectivity index (χ0n) is 17.3. The average Bonchev–Trinajstić information content (AvgIpc) is 3.21. The third-order valence-corrected chi connectivity index (χ3v) is 6.33. The smallest absolute Gasteiger partial charge is 0.170 e. The normalized spacial score (nSPS) is 18.7. The van der Waals surface area contributed by atoms with Gasteiger partial charge in [-0.1, -0.05) is 23.7 Å². The van der Waals surface area contributed by atoms with Gasteiger partial charge in [0.1, 0.15) is 0 Å². The number of nitrogens with one attached hydrogen (secondary N) is 1. The summed E-state index contributed by atoms with van der Waals surface area (Å²) >= 11 is 11.9. The number of rotatable bonds is 5. The highest BCUT2D eigenvalue weighted by Gasteiger charge is 2.41. The minimum absolute atomic E-state index is 0.0272. The molecule has 2 atom stereocenters. The van der Waals surface area contributed by atoms with Crippen molar-refractivity contribution < 1.29 is 5.11 Å². The van der Waals surface area contributed by atoms with Gasteiger partial charge in [-0.2, -0.15) is 0 Å². The Bertz CT molecular complexity index is 1080. The van der Waals surface area contributed by atoms with E-state index in [0.717, 1.165) is 33.9 Å². The Morgan fingerprint density at radius 3 is 2.67 bits per heavy atom. The predicted octanol–water partition coefficient (Wildman–Crippen LogP) is 4.42. The van der Waals surface area contributed by atoms with Gasteiger partial charge in [-0.25, -0.2) is 0 Å². The fraction of sp³-hybridized carbons (Fsp3) is 0.304. The van der Waals surface area contributed by atoms with Gasteiger partial charge in [-0.05, 0) is 74.4 Å². The van der Waals surface area contributed by atoms with Gasteiger partial charge in [-0.3, -0.25) is 4.98 Å². The number of aliphatic hydroxyl groups excluding tert-OH is 1. The van der Waals surface area contributed by atoms with Crippen molar-refractivity contribution in [3.05, 3.63) is 81.9 Å². The Morgan fingerprint density at radius 2 is 1.97 bits per heavy atom. The van der Waals surface area contributed by atoms with E-state index in [4.69, 9.17) is 23.8 Å². The zero-order chi connectivity index (χ0) is 21.4. The molecular formula is C23H25ClN4OS. The molecule has 1 saturated heterocycles. The molecule has 2 N–H and O–H groups in total. The minimum atomic E-state index is -0.0975. The lowest BCUT2D eigenvalue weighted by atomic mass is 9.97. The maximum atomic E-state index is 9.68.